The van der Waals surface area contributed by atoms with Crippen molar-refractivity contribution in [3.05, 3.63) is 46.5 Å². The van der Waals surface area contributed by atoms with Crippen LogP contribution in [0.2, 0.25) is 0 Å². The molecule has 2 aromatic rings. The maximum atomic E-state index is 12.3. The van der Waals surface area contributed by atoms with Crippen LogP contribution in [0.1, 0.15) is 27.3 Å². The highest BCUT2D eigenvalue weighted by atomic mass is 32.1. The van der Waals surface area contributed by atoms with E-state index >= 15 is 0 Å². The molecule has 6 nitrogen and oxygen atoms in total. The van der Waals surface area contributed by atoms with Gasteiger partial charge in [-0.25, -0.2) is 4.98 Å². The number of carbonyl (C=O) groups excluding carboxylic acids is 2. The fourth-order valence-electron chi connectivity index (χ4n) is 2.44. The monoisotopic (exact) mass is 331 g/mol. The molecule has 0 spiro atoms. The minimum absolute atomic E-state index is 0.105. The van der Waals surface area contributed by atoms with Crippen molar-refractivity contribution in [3.63, 3.8) is 0 Å². The summed E-state index contributed by atoms with van der Waals surface area (Å²) in [7, 11) is 0. The first-order valence-corrected chi connectivity index (χ1v) is 8.14. The van der Waals surface area contributed by atoms with Crippen LogP contribution in [0.5, 0.6) is 0 Å². The molecule has 1 aromatic carbocycles. The van der Waals surface area contributed by atoms with Crippen molar-refractivity contribution in [3.8, 4) is 0 Å². The van der Waals surface area contributed by atoms with Gasteiger partial charge >= 0.3 is 0 Å². The Bertz CT molecular complexity index is 729. The van der Waals surface area contributed by atoms with Gasteiger partial charge in [0.05, 0.1) is 24.8 Å². The largest absolute Gasteiger partial charge is 0.391 e. The number of aryl methyl sites for hydroxylation is 1. The van der Waals surface area contributed by atoms with Crippen molar-refractivity contribution in [1.82, 2.24) is 10.3 Å². The van der Waals surface area contributed by atoms with E-state index in [1.165, 1.54) is 16.2 Å². The number of hydrogen-bond donors (Lipinski definition) is 2. The van der Waals surface area contributed by atoms with Gasteiger partial charge in [0.15, 0.2) is 5.13 Å². The van der Waals surface area contributed by atoms with Gasteiger partial charge in [-0.2, -0.15) is 0 Å². The average Bonchev–Trinajstić information content (AvgIpc) is 3.08. The third-order valence-electron chi connectivity index (χ3n) is 3.62. The molecule has 1 unspecified atom stereocenters. The first kappa shape index (κ1) is 15.6. The molecule has 2 amide bonds. The van der Waals surface area contributed by atoms with Crippen LogP contribution in [0.25, 0.3) is 0 Å². The molecule has 7 heteroatoms. The van der Waals surface area contributed by atoms with Crippen LogP contribution in [-0.4, -0.2) is 34.6 Å². The van der Waals surface area contributed by atoms with Crippen LogP contribution < -0.4 is 10.2 Å². The van der Waals surface area contributed by atoms with Gasteiger partial charge in [-0.15, -0.1) is 0 Å². The number of aliphatic hydroxyl groups is 1. The first-order chi connectivity index (χ1) is 11.0. The van der Waals surface area contributed by atoms with Crippen molar-refractivity contribution in [2.45, 2.75) is 26.0 Å². The summed E-state index contributed by atoms with van der Waals surface area (Å²) in [6.07, 6.45) is -0.559. The number of rotatable bonds is 4. The quantitative estimate of drug-likeness (QED) is 0.889. The van der Waals surface area contributed by atoms with Gasteiger partial charge in [-0.05, 0) is 12.5 Å². The van der Waals surface area contributed by atoms with Crippen LogP contribution in [0, 0.1) is 6.92 Å². The minimum atomic E-state index is -0.665. The lowest BCUT2D eigenvalue weighted by atomic mass is 10.2. The number of β-amino-alcohol motifs (C(OH)–C–C–N with tert-alkyl or cyclic N) is 1. The van der Waals surface area contributed by atoms with Crippen LogP contribution in [0.3, 0.4) is 0 Å². The molecule has 0 saturated carbocycles. The summed E-state index contributed by atoms with van der Waals surface area (Å²) in [6.45, 7) is 2.42. The van der Waals surface area contributed by atoms with Gasteiger partial charge in [-0.1, -0.05) is 41.7 Å². The molecule has 0 radical (unpaired) electrons. The number of carbonyl (C=O) groups is 2. The van der Waals surface area contributed by atoms with E-state index in [1.54, 1.807) is 6.92 Å². The van der Waals surface area contributed by atoms with Gasteiger partial charge in [0.1, 0.15) is 4.88 Å². The van der Waals surface area contributed by atoms with Gasteiger partial charge in [-0.3, -0.25) is 14.5 Å². The Hall–Kier alpha value is -2.25. The van der Waals surface area contributed by atoms with E-state index in [0.717, 1.165) is 5.56 Å². The van der Waals surface area contributed by atoms with E-state index in [-0.39, 0.29) is 24.8 Å². The topological polar surface area (TPSA) is 82.5 Å². The molecule has 1 aliphatic rings. The number of benzene rings is 1. The number of anilines is 1. The molecule has 2 N–H and O–H groups in total. The molecule has 1 aliphatic heterocycles. The Balaban J connectivity index is 1.70. The zero-order valence-electron chi connectivity index (χ0n) is 12.7. The molecule has 120 valence electrons. The van der Waals surface area contributed by atoms with E-state index in [4.69, 9.17) is 0 Å². The van der Waals surface area contributed by atoms with Crippen LogP contribution >= 0.6 is 11.3 Å². The van der Waals surface area contributed by atoms with Gasteiger partial charge in [0.25, 0.3) is 5.91 Å². The second kappa shape index (κ2) is 6.47. The fraction of sp³-hybridized carbons (Fsp3) is 0.312. The third-order valence-corrected chi connectivity index (χ3v) is 4.80. The third kappa shape index (κ3) is 3.40. The summed E-state index contributed by atoms with van der Waals surface area (Å²) in [6, 6.07) is 9.64. The molecule has 0 aliphatic carbocycles. The van der Waals surface area contributed by atoms with E-state index in [0.29, 0.717) is 22.2 Å². The first-order valence-electron chi connectivity index (χ1n) is 7.32. The van der Waals surface area contributed by atoms with E-state index in [2.05, 4.69) is 10.3 Å². The Morgan fingerprint density at radius 3 is 2.83 bits per heavy atom. The van der Waals surface area contributed by atoms with Gasteiger partial charge in [0.2, 0.25) is 5.91 Å². The summed E-state index contributed by atoms with van der Waals surface area (Å²) in [5.41, 5.74) is 1.60. The lowest BCUT2D eigenvalue weighted by Gasteiger charge is -2.10. The second-order valence-electron chi connectivity index (χ2n) is 5.44. The van der Waals surface area contributed by atoms with Crippen molar-refractivity contribution in [1.29, 1.82) is 0 Å². The maximum Gasteiger partial charge on any atom is 0.263 e. The summed E-state index contributed by atoms with van der Waals surface area (Å²) in [5.74, 6) is -0.371. The highest BCUT2D eigenvalue weighted by molar-refractivity contribution is 7.17. The Kier molecular flexibility index (Phi) is 4.40. The molecule has 1 atom stereocenters. The Labute approximate surface area is 137 Å². The average molecular weight is 331 g/mol. The SMILES string of the molecule is Cc1nc(N2CC(O)CC2=O)sc1C(=O)NCc1ccccc1. The molecule has 1 aromatic heterocycles. The summed E-state index contributed by atoms with van der Waals surface area (Å²) in [5, 5.41) is 12.9. The molecule has 23 heavy (non-hydrogen) atoms. The van der Waals surface area contributed by atoms with Gasteiger partial charge in [0, 0.05) is 6.54 Å². The smallest absolute Gasteiger partial charge is 0.263 e. The van der Waals surface area contributed by atoms with Crippen molar-refractivity contribution in [2.24, 2.45) is 0 Å². The number of thiazole rings is 1. The van der Waals surface area contributed by atoms with E-state index < -0.39 is 6.10 Å². The summed E-state index contributed by atoms with van der Waals surface area (Å²) < 4.78 is 0. The molecule has 1 saturated heterocycles. The highest BCUT2D eigenvalue weighted by Crippen LogP contribution is 2.29. The number of amides is 2. The molecular formula is C16H17N3O3S. The standard InChI is InChI=1S/C16H17N3O3S/c1-10-14(15(22)17-8-11-5-3-2-4-6-11)23-16(18-10)19-9-12(20)7-13(19)21/h2-6,12,20H,7-9H2,1H3,(H,17,22). The highest BCUT2D eigenvalue weighted by Gasteiger charge is 2.32. The molecule has 3 rings (SSSR count). The normalized spacial score (nSPS) is 17.6. The number of aliphatic hydroxyl groups excluding tert-OH is 1. The summed E-state index contributed by atoms with van der Waals surface area (Å²) in [4.78, 5) is 30.4. The Morgan fingerprint density at radius 1 is 1.43 bits per heavy atom. The van der Waals surface area contributed by atoms with Crippen LogP contribution in [0.4, 0.5) is 5.13 Å². The zero-order valence-corrected chi connectivity index (χ0v) is 13.5. The molecule has 0 bridgehead atoms. The van der Waals surface area contributed by atoms with E-state index in [9.17, 15) is 14.7 Å². The zero-order chi connectivity index (χ0) is 16.4. The number of aromatic nitrogens is 1. The molecule has 1 fully saturated rings. The van der Waals surface area contributed by atoms with Crippen LogP contribution in [0.15, 0.2) is 30.3 Å². The van der Waals surface area contributed by atoms with Crippen molar-refractivity contribution >= 4 is 28.3 Å². The number of hydrogen-bond acceptors (Lipinski definition) is 5. The van der Waals surface area contributed by atoms with Gasteiger partial charge < -0.3 is 10.4 Å². The lowest BCUT2D eigenvalue weighted by molar-refractivity contribution is -0.117. The lowest BCUT2D eigenvalue weighted by Crippen LogP contribution is -2.25. The summed E-state index contributed by atoms with van der Waals surface area (Å²) >= 11 is 1.18. The van der Waals surface area contributed by atoms with Crippen molar-refractivity contribution < 1.29 is 14.7 Å². The molecule has 2 heterocycles. The van der Waals surface area contributed by atoms with E-state index in [1.807, 2.05) is 30.3 Å². The molecular weight excluding hydrogens is 314 g/mol. The van der Waals surface area contributed by atoms with Crippen LogP contribution in [-0.2, 0) is 11.3 Å². The second-order valence-corrected chi connectivity index (χ2v) is 6.42. The predicted octanol–water partition coefficient (Wildman–Crippen LogP) is 1.48. The minimum Gasteiger partial charge on any atom is -0.391 e. The van der Waals surface area contributed by atoms with Crippen molar-refractivity contribution in [2.75, 3.05) is 11.4 Å². The number of nitrogens with zero attached hydrogens (tertiary/aromatic N) is 2. The Morgan fingerprint density at radius 2 is 2.17 bits per heavy atom. The fourth-order valence-corrected chi connectivity index (χ4v) is 3.45. The number of nitrogens with one attached hydrogen (secondary N) is 1. The predicted molar refractivity (Wildman–Crippen MR) is 87.4 cm³/mol. The maximum absolute atomic E-state index is 12.3.